The second-order valence-electron chi connectivity index (χ2n) is 5.50. The lowest BCUT2D eigenvalue weighted by Crippen LogP contribution is -2.35. The van der Waals surface area contributed by atoms with Crippen molar-refractivity contribution in [1.29, 1.82) is 0 Å². The molecule has 100 valence electrons. The summed E-state index contributed by atoms with van der Waals surface area (Å²) >= 11 is 0. The number of benzene rings is 1. The van der Waals surface area contributed by atoms with Crippen molar-refractivity contribution >= 4 is 5.69 Å². The molecule has 0 bridgehead atoms. The van der Waals surface area contributed by atoms with E-state index >= 15 is 0 Å². The molecule has 0 unspecified atom stereocenters. The van der Waals surface area contributed by atoms with Crippen LogP contribution < -0.4 is 10.6 Å². The number of piperidine rings is 1. The van der Waals surface area contributed by atoms with Crippen molar-refractivity contribution in [3.8, 4) is 0 Å². The van der Waals surface area contributed by atoms with Crippen LogP contribution in [0, 0.1) is 5.92 Å². The fraction of sp³-hybridized carbons (Fsp3) is 0.600. The maximum absolute atomic E-state index is 5.69. The molecule has 0 atom stereocenters. The van der Waals surface area contributed by atoms with Crippen LogP contribution in [0.5, 0.6) is 0 Å². The van der Waals surface area contributed by atoms with E-state index in [1.165, 1.54) is 37.2 Å². The van der Waals surface area contributed by atoms with E-state index in [4.69, 9.17) is 5.73 Å². The largest absolute Gasteiger partial charge is 0.374 e. The average Bonchev–Trinajstić information content (AvgIpc) is 2.41. The molecule has 18 heavy (non-hydrogen) atoms. The number of anilines is 1. The van der Waals surface area contributed by atoms with Crippen LogP contribution in [0.1, 0.15) is 18.4 Å². The molecule has 0 saturated carbocycles. The first-order chi connectivity index (χ1) is 8.69. The molecular formula is C15H25N3. The van der Waals surface area contributed by atoms with Gasteiger partial charge in [0.25, 0.3) is 0 Å². The summed E-state index contributed by atoms with van der Waals surface area (Å²) in [5, 5.41) is 0. The Bertz CT molecular complexity index is 370. The highest BCUT2D eigenvalue weighted by Crippen LogP contribution is 2.21. The summed E-state index contributed by atoms with van der Waals surface area (Å²) in [5.74, 6) is 0.827. The van der Waals surface area contributed by atoms with E-state index < -0.39 is 0 Å². The number of hydrogen-bond donors (Lipinski definition) is 1. The molecule has 1 aliphatic rings. The Morgan fingerprint density at radius 1 is 1.33 bits per heavy atom. The number of hydrogen-bond acceptors (Lipinski definition) is 3. The molecule has 1 aromatic rings. The fourth-order valence-corrected chi connectivity index (χ4v) is 2.66. The lowest BCUT2D eigenvalue weighted by molar-refractivity contribution is 0.222. The highest BCUT2D eigenvalue weighted by Gasteiger charge is 2.18. The standard InChI is InChI=1S/C15H25N3/c1-17-8-6-13(7-9-17)12-18(2)15-5-3-4-14(10-15)11-16/h3-5,10,13H,6-9,11-12,16H2,1-2H3. The quantitative estimate of drug-likeness (QED) is 0.882. The monoisotopic (exact) mass is 247 g/mol. The highest BCUT2D eigenvalue weighted by atomic mass is 15.1. The summed E-state index contributed by atoms with van der Waals surface area (Å²) in [6.07, 6.45) is 2.63. The van der Waals surface area contributed by atoms with E-state index in [2.05, 4.69) is 48.2 Å². The normalized spacial score (nSPS) is 17.9. The Kier molecular flexibility index (Phi) is 4.61. The van der Waals surface area contributed by atoms with E-state index in [-0.39, 0.29) is 0 Å². The van der Waals surface area contributed by atoms with Crippen LogP contribution in [0.15, 0.2) is 24.3 Å². The van der Waals surface area contributed by atoms with Crippen LogP contribution in [-0.4, -0.2) is 38.6 Å². The van der Waals surface area contributed by atoms with Gasteiger partial charge in [-0.3, -0.25) is 0 Å². The molecule has 3 heteroatoms. The van der Waals surface area contributed by atoms with Gasteiger partial charge in [-0.2, -0.15) is 0 Å². The van der Waals surface area contributed by atoms with E-state index in [1.54, 1.807) is 0 Å². The molecule has 1 saturated heterocycles. The minimum Gasteiger partial charge on any atom is -0.374 e. The van der Waals surface area contributed by atoms with Gasteiger partial charge in [-0.1, -0.05) is 12.1 Å². The maximum Gasteiger partial charge on any atom is 0.0366 e. The molecule has 3 nitrogen and oxygen atoms in total. The van der Waals surface area contributed by atoms with Crippen molar-refractivity contribution in [1.82, 2.24) is 4.90 Å². The summed E-state index contributed by atoms with van der Waals surface area (Å²) in [6, 6.07) is 8.57. The predicted molar refractivity (Wildman–Crippen MR) is 77.8 cm³/mol. The molecule has 0 spiro atoms. The van der Waals surface area contributed by atoms with Gasteiger partial charge in [0.15, 0.2) is 0 Å². The van der Waals surface area contributed by atoms with Crippen LogP contribution in [-0.2, 0) is 6.54 Å². The van der Waals surface area contributed by atoms with Gasteiger partial charge >= 0.3 is 0 Å². The molecule has 0 aromatic heterocycles. The number of likely N-dealkylation sites (tertiary alicyclic amines) is 1. The summed E-state index contributed by atoms with van der Waals surface area (Å²) in [5.41, 5.74) is 8.19. The van der Waals surface area contributed by atoms with Crippen LogP contribution in [0.4, 0.5) is 5.69 Å². The molecule has 0 aliphatic carbocycles. The van der Waals surface area contributed by atoms with E-state index in [0.717, 1.165) is 12.5 Å². The molecule has 0 amide bonds. The molecular weight excluding hydrogens is 222 g/mol. The lowest BCUT2D eigenvalue weighted by Gasteiger charge is -2.32. The summed E-state index contributed by atoms with van der Waals surface area (Å²) in [7, 11) is 4.40. The summed E-state index contributed by atoms with van der Waals surface area (Å²) in [4.78, 5) is 4.79. The van der Waals surface area contributed by atoms with Crippen LogP contribution in [0.2, 0.25) is 0 Å². The zero-order chi connectivity index (χ0) is 13.0. The van der Waals surface area contributed by atoms with Crippen molar-refractivity contribution in [3.63, 3.8) is 0 Å². The minimum absolute atomic E-state index is 0.621. The smallest absolute Gasteiger partial charge is 0.0366 e. The van der Waals surface area contributed by atoms with Crippen molar-refractivity contribution in [2.75, 3.05) is 38.6 Å². The maximum atomic E-state index is 5.69. The van der Waals surface area contributed by atoms with Crippen LogP contribution >= 0.6 is 0 Å². The van der Waals surface area contributed by atoms with Gasteiger partial charge in [-0.15, -0.1) is 0 Å². The molecule has 2 rings (SSSR count). The Morgan fingerprint density at radius 2 is 2.06 bits per heavy atom. The summed E-state index contributed by atoms with van der Waals surface area (Å²) < 4.78 is 0. The zero-order valence-electron chi connectivity index (χ0n) is 11.6. The SMILES string of the molecule is CN1CCC(CN(C)c2cccc(CN)c2)CC1. The van der Waals surface area contributed by atoms with Gasteiger partial charge < -0.3 is 15.5 Å². The van der Waals surface area contributed by atoms with Gasteiger partial charge in [0.2, 0.25) is 0 Å². The van der Waals surface area contributed by atoms with Gasteiger partial charge in [0.1, 0.15) is 0 Å². The molecule has 2 N–H and O–H groups in total. The van der Waals surface area contributed by atoms with Crippen molar-refractivity contribution < 1.29 is 0 Å². The van der Waals surface area contributed by atoms with E-state index in [9.17, 15) is 0 Å². The Hall–Kier alpha value is -1.06. The number of nitrogens with zero attached hydrogens (tertiary/aromatic N) is 2. The van der Waals surface area contributed by atoms with Gasteiger partial charge in [-0.25, -0.2) is 0 Å². The third-order valence-electron chi connectivity index (χ3n) is 3.96. The summed E-state index contributed by atoms with van der Waals surface area (Å²) in [6.45, 7) is 4.25. The van der Waals surface area contributed by atoms with Crippen LogP contribution in [0.25, 0.3) is 0 Å². The second-order valence-corrected chi connectivity index (χ2v) is 5.50. The fourth-order valence-electron chi connectivity index (χ4n) is 2.66. The van der Waals surface area contributed by atoms with E-state index in [0.29, 0.717) is 6.54 Å². The first-order valence-corrected chi connectivity index (χ1v) is 6.87. The Morgan fingerprint density at radius 3 is 2.72 bits per heavy atom. The highest BCUT2D eigenvalue weighted by molar-refractivity contribution is 5.47. The molecule has 1 heterocycles. The number of rotatable bonds is 4. The molecule has 1 fully saturated rings. The molecule has 0 radical (unpaired) electrons. The Balaban J connectivity index is 1.92. The molecule has 1 aliphatic heterocycles. The van der Waals surface area contributed by atoms with Crippen LogP contribution in [0.3, 0.4) is 0 Å². The third kappa shape index (κ3) is 3.47. The Labute approximate surface area is 111 Å². The zero-order valence-corrected chi connectivity index (χ0v) is 11.6. The molecule has 1 aromatic carbocycles. The van der Waals surface area contributed by atoms with Gasteiger partial charge in [0.05, 0.1) is 0 Å². The van der Waals surface area contributed by atoms with Gasteiger partial charge in [0, 0.05) is 25.8 Å². The predicted octanol–water partition coefficient (Wildman–Crippen LogP) is 1.92. The first-order valence-electron chi connectivity index (χ1n) is 6.87. The van der Waals surface area contributed by atoms with Gasteiger partial charge in [-0.05, 0) is 56.6 Å². The topological polar surface area (TPSA) is 32.5 Å². The third-order valence-corrected chi connectivity index (χ3v) is 3.96. The second kappa shape index (κ2) is 6.21. The first kappa shape index (κ1) is 13.4. The average molecular weight is 247 g/mol. The minimum atomic E-state index is 0.621. The van der Waals surface area contributed by atoms with Crippen molar-refractivity contribution in [2.45, 2.75) is 19.4 Å². The lowest BCUT2D eigenvalue weighted by atomic mass is 9.96. The number of nitrogens with two attached hydrogens (primary N) is 1. The van der Waals surface area contributed by atoms with Crippen molar-refractivity contribution in [2.24, 2.45) is 11.7 Å². The van der Waals surface area contributed by atoms with E-state index in [1.807, 2.05) is 0 Å². The van der Waals surface area contributed by atoms with Crippen molar-refractivity contribution in [3.05, 3.63) is 29.8 Å².